The summed E-state index contributed by atoms with van der Waals surface area (Å²) in [7, 11) is 0. The van der Waals surface area contributed by atoms with E-state index in [-0.39, 0.29) is 29.3 Å². The average molecular weight is 279 g/mol. The molecule has 0 saturated carbocycles. The highest BCUT2D eigenvalue weighted by Crippen LogP contribution is 2.20. The third kappa shape index (κ3) is 2.95. The van der Waals surface area contributed by atoms with Crippen LogP contribution in [0.25, 0.3) is 0 Å². The Bertz CT molecular complexity index is 386. The van der Waals surface area contributed by atoms with Gasteiger partial charge in [-0.25, -0.2) is 0 Å². The molecule has 94 valence electrons. The van der Waals surface area contributed by atoms with Gasteiger partial charge in [-0.05, 0) is 30.1 Å². The van der Waals surface area contributed by atoms with E-state index in [4.69, 9.17) is 33.0 Å². The molecule has 1 N–H and O–H groups in total. The van der Waals surface area contributed by atoms with Crippen LogP contribution in [-0.4, -0.2) is 52.0 Å². The molecule has 2 atom stereocenters. The van der Waals surface area contributed by atoms with Gasteiger partial charge in [0.1, 0.15) is 0 Å². The quantitative estimate of drug-likeness (QED) is 0.862. The third-order valence-corrected chi connectivity index (χ3v) is 2.87. The number of halogens is 2. The summed E-state index contributed by atoms with van der Waals surface area (Å²) in [5.74, 6) is 0.407. The Morgan fingerprint density at radius 2 is 2.00 bits per heavy atom. The molecule has 1 aromatic heterocycles. The minimum atomic E-state index is -0.250. The van der Waals surface area contributed by atoms with Gasteiger partial charge in [-0.3, -0.25) is 0 Å². The molecule has 0 aliphatic carbocycles. The number of rotatable bonds is 2. The first-order valence-electron chi connectivity index (χ1n) is 5.16. The smallest absolute Gasteiger partial charge is 0.231 e. The average Bonchev–Trinajstić information content (AvgIpc) is 2.28. The van der Waals surface area contributed by atoms with Gasteiger partial charge in [0.15, 0.2) is 0 Å². The first kappa shape index (κ1) is 12.8. The zero-order valence-electron chi connectivity index (χ0n) is 9.18. The Labute approximate surface area is 109 Å². The van der Waals surface area contributed by atoms with Crippen molar-refractivity contribution in [2.45, 2.75) is 19.1 Å². The van der Waals surface area contributed by atoms with E-state index in [2.05, 4.69) is 15.0 Å². The van der Waals surface area contributed by atoms with Crippen LogP contribution >= 0.6 is 23.2 Å². The maximum absolute atomic E-state index is 9.09. The van der Waals surface area contributed by atoms with Crippen molar-refractivity contribution in [3.63, 3.8) is 0 Å². The number of hydrogen-bond donors (Lipinski definition) is 1. The molecule has 2 unspecified atom stereocenters. The largest absolute Gasteiger partial charge is 0.394 e. The number of aromatic nitrogens is 3. The summed E-state index contributed by atoms with van der Waals surface area (Å²) in [4.78, 5) is 13.6. The van der Waals surface area contributed by atoms with E-state index < -0.39 is 0 Å². The molecule has 2 heterocycles. The molecule has 2 rings (SSSR count). The van der Waals surface area contributed by atoms with Crippen molar-refractivity contribution >= 4 is 29.2 Å². The number of hydrogen-bond acceptors (Lipinski definition) is 6. The molecular weight excluding hydrogens is 267 g/mol. The summed E-state index contributed by atoms with van der Waals surface area (Å²) in [5, 5.41) is 9.20. The Morgan fingerprint density at radius 3 is 2.59 bits per heavy atom. The van der Waals surface area contributed by atoms with Gasteiger partial charge >= 0.3 is 0 Å². The van der Waals surface area contributed by atoms with E-state index in [1.165, 1.54) is 0 Å². The van der Waals surface area contributed by atoms with E-state index >= 15 is 0 Å². The van der Waals surface area contributed by atoms with Gasteiger partial charge in [0, 0.05) is 6.54 Å². The molecule has 1 aliphatic rings. The first-order chi connectivity index (χ1) is 8.10. The molecule has 1 saturated heterocycles. The van der Waals surface area contributed by atoms with Crippen molar-refractivity contribution in [3.05, 3.63) is 10.6 Å². The predicted octanol–water partition coefficient (Wildman–Crippen LogP) is 0.764. The molecule has 8 heteroatoms. The number of aliphatic hydroxyl groups excluding tert-OH is 1. The second-order valence-corrected chi connectivity index (χ2v) is 4.49. The van der Waals surface area contributed by atoms with Gasteiger partial charge in [0.25, 0.3) is 0 Å². The lowest BCUT2D eigenvalue weighted by Crippen LogP contribution is -2.50. The van der Waals surface area contributed by atoms with Crippen molar-refractivity contribution in [3.8, 4) is 0 Å². The second-order valence-electron chi connectivity index (χ2n) is 3.81. The van der Waals surface area contributed by atoms with Crippen LogP contribution in [0, 0.1) is 0 Å². The van der Waals surface area contributed by atoms with Crippen molar-refractivity contribution < 1.29 is 9.84 Å². The zero-order valence-corrected chi connectivity index (χ0v) is 10.7. The van der Waals surface area contributed by atoms with Crippen LogP contribution in [0.15, 0.2) is 0 Å². The summed E-state index contributed by atoms with van der Waals surface area (Å²) >= 11 is 11.5. The molecule has 1 aromatic rings. The topological polar surface area (TPSA) is 71.4 Å². The van der Waals surface area contributed by atoms with E-state index in [0.717, 1.165) is 0 Å². The van der Waals surface area contributed by atoms with E-state index in [1.807, 2.05) is 11.8 Å². The number of aliphatic hydroxyl groups is 1. The summed E-state index contributed by atoms with van der Waals surface area (Å²) < 4.78 is 5.42. The standard InChI is InChI=1S/C9H12Cl2N4O2/c1-5-4-17-6(3-16)2-15(5)9-13-7(10)12-8(11)14-9/h5-6,16H,2-4H2,1H3. The summed E-state index contributed by atoms with van der Waals surface area (Å²) in [6.07, 6.45) is -0.250. The molecule has 1 aliphatic heterocycles. The molecular formula is C9H12Cl2N4O2. The highest BCUT2D eigenvalue weighted by Gasteiger charge is 2.28. The Hall–Kier alpha value is -0.690. The second kappa shape index (κ2) is 5.30. The molecule has 17 heavy (non-hydrogen) atoms. The van der Waals surface area contributed by atoms with Crippen molar-refractivity contribution in [1.82, 2.24) is 15.0 Å². The van der Waals surface area contributed by atoms with Gasteiger partial charge in [-0.15, -0.1) is 0 Å². The summed E-state index contributed by atoms with van der Waals surface area (Å²) in [6, 6.07) is 0.0901. The maximum atomic E-state index is 9.09. The molecule has 0 spiro atoms. The van der Waals surface area contributed by atoms with Gasteiger partial charge in [-0.2, -0.15) is 15.0 Å². The van der Waals surface area contributed by atoms with E-state index in [9.17, 15) is 0 Å². The molecule has 6 nitrogen and oxygen atoms in total. The lowest BCUT2D eigenvalue weighted by Gasteiger charge is -2.37. The minimum Gasteiger partial charge on any atom is -0.394 e. The normalized spacial score (nSPS) is 25.1. The van der Waals surface area contributed by atoms with Crippen LogP contribution in [0.3, 0.4) is 0 Å². The SMILES string of the molecule is CC1COC(CO)CN1c1nc(Cl)nc(Cl)n1. The Kier molecular flexibility index (Phi) is 3.98. The summed E-state index contributed by atoms with van der Waals surface area (Å²) in [6.45, 7) is 2.91. The molecule has 0 amide bonds. The van der Waals surface area contributed by atoms with Gasteiger partial charge in [-0.1, -0.05) is 0 Å². The van der Waals surface area contributed by atoms with Crippen molar-refractivity contribution in [2.75, 3.05) is 24.7 Å². The maximum Gasteiger partial charge on any atom is 0.231 e. The zero-order chi connectivity index (χ0) is 12.4. The Morgan fingerprint density at radius 1 is 1.35 bits per heavy atom. The number of nitrogens with zero attached hydrogens (tertiary/aromatic N) is 4. The molecule has 1 fully saturated rings. The van der Waals surface area contributed by atoms with Gasteiger partial charge < -0.3 is 14.7 Å². The molecule has 0 aromatic carbocycles. The Balaban J connectivity index is 2.24. The van der Waals surface area contributed by atoms with Crippen LogP contribution in [0.4, 0.5) is 5.95 Å². The van der Waals surface area contributed by atoms with Gasteiger partial charge in [0.2, 0.25) is 16.5 Å². The van der Waals surface area contributed by atoms with Crippen LogP contribution < -0.4 is 4.90 Å². The molecule has 0 bridgehead atoms. The predicted molar refractivity (Wildman–Crippen MR) is 63.5 cm³/mol. The minimum absolute atomic E-state index is 0.0459. The first-order valence-corrected chi connectivity index (χ1v) is 5.92. The number of ether oxygens (including phenoxy) is 1. The third-order valence-electron chi connectivity index (χ3n) is 2.54. The van der Waals surface area contributed by atoms with E-state index in [1.54, 1.807) is 0 Å². The van der Waals surface area contributed by atoms with Crippen LogP contribution in [0.2, 0.25) is 10.6 Å². The number of morpholine rings is 1. The fourth-order valence-electron chi connectivity index (χ4n) is 1.65. The monoisotopic (exact) mass is 278 g/mol. The van der Waals surface area contributed by atoms with Crippen LogP contribution in [0.1, 0.15) is 6.92 Å². The highest BCUT2D eigenvalue weighted by molar-refractivity contribution is 6.31. The van der Waals surface area contributed by atoms with Crippen LogP contribution in [-0.2, 0) is 4.74 Å². The fraction of sp³-hybridized carbons (Fsp3) is 0.667. The highest BCUT2D eigenvalue weighted by atomic mass is 35.5. The molecule has 0 radical (unpaired) electrons. The van der Waals surface area contributed by atoms with Crippen LogP contribution in [0.5, 0.6) is 0 Å². The van der Waals surface area contributed by atoms with E-state index in [0.29, 0.717) is 19.1 Å². The van der Waals surface area contributed by atoms with Crippen molar-refractivity contribution in [2.24, 2.45) is 0 Å². The lowest BCUT2D eigenvalue weighted by atomic mass is 10.2. The number of anilines is 1. The lowest BCUT2D eigenvalue weighted by molar-refractivity contribution is -0.0108. The van der Waals surface area contributed by atoms with Gasteiger partial charge in [0.05, 0.1) is 25.4 Å². The fourth-order valence-corrected chi connectivity index (χ4v) is 2.01. The summed E-state index contributed by atoms with van der Waals surface area (Å²) in [5.41, 5.74) is 0. The van der Waals surface area contributed by atoms with Crippen molar-refractivity contribution in [1.29, 1.82) is 0 Å².